The van der Waals surface area contributed by atoms with E-state index < -0.39 is 0 Å². The Hall–Kier alpha value is -1.22. The van der Waals surface area contributed by atoms with Crippen LogP contribution >= 0.6 is 11.6 Å². The first-order valence-electron chi connectivity index (χ1n) is 3.32. The molecule has 1 aromatic rings. The van der Waals surface area contributed by atoms with Crippen molar-refractivity contribution in [3.8, 4) is 0 Å². The highest BCUT2D eigenvalue weighted by atomic mass is 35.5. The number of Topliss-reactive ketones (excluding diaryl/α,β-unsaturated/α-hetero) is 1. The number of aromatic nitrogens is 1. The molecule has 1 heterocycles. The van der Waals surface area contributed by atoms with Crippen molar-refractivity contribution < 1.29 is 9.59 Å². The van der Waals surface area contributed by atoms with E-state index in [4.69, 9.17) is 11.6 Å². The number of pyridine rings is 1. The van der Waals surface area contributed by atoms with Crippen molar-refractivity contribution in [2.24, 2.45) is 0 Å². The molecule has 0 aliphatic rings. The number of hydrogen-bond acceptors (Lipinski definition) is 3. The van der Waals surface area contributed by atoms with E-state index in [9.17, 15) is 9.59 Å². The average molecular weight is 184 g/mol. The van der Waals surface area contributed by atoms with E-state index in [1.165, 1.54) is 12.3 Å². The van der Waals surface area contributed by atoms with Crippen LogP contribution in [0.5, 0.6) is 0 Å². The van der Waals surface area contributed by atoms with Gasteiger partial charge in [-0.3, -0.25) is 4.79 Å². The molecule has 0 aliphatic carbocycles. The molecule has 0 saturated carbocycles. The van der Waals surface area contributed by atoms with Gasteiger partial charge in [0.2, 0.25) is 0 Å². The van der Waals surface area contributed by atoms with Crippen molar-refractivity contribution in [1.82, 2.24) is 4.98 Å². The highest BCUT2D eigenvalue weighted by molar-refractivity contribution is 6.29. The van der Waals surface area contributed by atoms with Crippen molar-refractivity contribution in [2.45, 2.75) is 6.42 Å². The van der Waals surface area contributed by atoms with Crippen molar-refractivity contribution in [1.29, 1.82) is 0 Å². The van der Waals surface area contributed by atoms with Gasteiger partial charge in [0, 0.05) is 11.8 Å². The van der Waals surface area contributed by atoms with Gasteiger partial charge in [-0.15, -0.1) is 0 Å². The Bertz CT molecular complexity index is 294. The van der Waals surface area contributed by atoms with Gasteiger partial charge < -0.3 is 4.79 Å². The fourth-order valence-corrected chi connectivity index (χ4v) is 0.846. The van der Waals surface area contributed by atoms with Crippen molar-refractivity contribution in [3.63, 3.8) is 0 Å². The first-order valence-corrected chi connectivity index (χ1v) is 3.70. The zero-order valence-electron chi connectivity index (χ0n) is 6.16. The zero-order chi connectivity index (χ0) is 8.97. The first-order chi connectivity index (χ1) is 5.74. The summed E-state index contributed by atoms with van der Waals surface area (Å²) in [5.74, 6) is -0.242. The lowest BCUT2D eigenvalue weighted by atomic mass is 10.1. The second kappa shape index (κ2) is 3.97. The van der Waals surface area contributed by atoms with Crippen molar-refractivity contribution in [3.05, 3.63) is 29.0 Å². The molecule has 3 nitrogen and oxygen atoms in total. The summed E-state index contributed by atoms with van der Waals surface area (Å²) in [6, 6.07) is 3.06. The standard InChI is InChI=1S/C8H6ClNO2/c9-8-2-1-6(5-10-8)7(12)3-4-11/h1-2,4-5H,3H2. The fourth-order valence-electron chi connectivity index (χ4n) is 0.734. The van der Waals surface area contributed by atoms with E-state index in [0.717, 1.165) is 0 Å². The van der Waals surface area contributed by atoms with Crippen LogP contribution in [0.1, 0.15) is 16.8 Å². The van der Waals surface area contributed by atoms with Crippen LogP contribution in [0.3, 0.4) is 0 Å². The molecule has 0 fully saturated rings. The molecule has 62 valence electrons. The lowest BCUT2D eigenvalue weighted by Gasteiger charge is -1.94. The summed E-state index contributed by atoms with van der Waals surface area (Å²) in [6.45, 7) is 0. The Morgan fingerprint density at radius 3 is 2.83 bits per heavy atom. The quantitative estimate of drug-likeness (QED) is 0.309. The number of aldehydes is 1. The minimum absolute atomic E-state index is 0.108. The summed E-state index contributed by atoms with van der Waals surface area (Å²) in [7, 11) is 0. The minimum Gasteiger partial charge on any atom is -0.303 e. The molecular weight excluding hydrogens is 178 g/mol. The Labute approximate surface area is 74.4 Å². The Morgan fingerprint density at radius 2 is 2.33 bits per heavy atom. The number of hydrogen-bond donors (Lipinski definition) is 0. The molecule has 1 rings (SSSR count). The molecule has 0 atom stereocenters. The van der Waals surface area contributed by atoms with E-state index in [0.29, 0.717) is 17.0 Å². The number of halogens is 1. The molecule has 0 amide bonds. The van der Waals surface area contributed by atoms with Gasteiger partial charge in [0.1, 0.15) is 11.4 Å². The zero-order valence-corrected chi connectivity index (χ0v) is 6.91. The van der Waals surface area contributed by atoms with Gasteiger partial charge in [-0.05, 0) is 12.1 Å². The molecule has 0 N–H and O–H groups in total. The summed E-state index contributed by atoms with van der Waals surface area (Å²) < 4.78 is 0. The fraction of sp³-hybridized carbons (Fsp3) is 0.125. The SMILES string of the molecule is O=CCC(=O)c1ccc(Cl)nc1. The highest BCUT2D eigenvalue weighted by Crippen LogP contribution is 2.06. The molecule has 0 aliphatic heterocycles. The predicted molar refractivity (Wildman–Crippen MR) is 44.3 cm³/mol. The molecule has 0 saturated heterocycles. The Morgan fingerprint density at radius 1 is 1.58 bits per heavy atom. The monoisotopic (exact) mass is 183 g/mol. The molecular formula is C8H6ClNO2. The van der Waals surface area contributed by atoms with Gasteiger partial charge in [0.15, 0.2) is 5.78 Å². The molecule has 1 aromatic heterocycles. The first kappa shape index (κ1) is 8.87. The molecule has 0 bridgehead atoms. The van der Waals surface area contributed by atoms with E-state index in [2.05, 4.69) is 4.98 Å². The van der Waals surface area contributed by atoms with Crippen LogP contribution in [0.25, 0.3) is 0 Å². The maximum absolute atomic E-state index is 11.0. The summed E-state index contributed by atoms with van der Waals surface area (Å²) in [6.07, 6.45) is 1.81. The molecule has 0 radical (unpaired) electrons. The number of nitrogens with zero attached hydrogens (tertiary/aromatic N) is 1. The maximum atomic E-state index is 11.0. The van der Waals surface area contributed by atoms with Crippen LogP contribution in [-0.4, -0.2) is 17.1 Å². The van der Waals surface area contributed by atoms with Gasteiger partial charge >= 0.3 is 0 Å². The summed E-state index contributed by atoms with van der Waals surface area (Å²) in [5, 5.41) is 0.331. The number of carbonyl (C=O) groups excluding carboxylic acids is 2. The van der Waals surface area contributed by atoms with Crippen LogP contribution in [-0.2, 0) is 4.79 Å². The number of carbonyl (C=O) groups is 2. The van der Waals surface area contributed by atoms with Crippen LogP contribution in [0.2, 0.25) is 5.15 Å². The normalized spacial score (nSPS) is 9.42. The second-order valence-corrected chi connectivity index (χ2v) is 2.55. The van der Waals surface area contributed by atoms with Gasteiger partial charge in [-0.25, -0.2) is 4.98 Å². The van der Waals surface area contributed by atoms with Crippen LogP contribution in [0, 0.1) is 0 Å². The average Bonchev–Trinajstić information content (AvgIpc) is 2.06. The highest BCUT2D eigenvalue weighted by Gasteiger charge is 2.04. The van der Waals surface area contributed by atoms with E-state index in [-0.39, 0.29) is 12.2 Å². The number of rotatable bonds is 3. The number of ketones is 1. The lowest BCUT2D eigenvalue weighted by molar-refractivity contribution is -0.107. The largest absolute Gasteiger partial charge is 0.303 e. The summed E-state index contributed by atoms with van der Waals surface area (Å²) >= 11 is 5.50. The van der Waals surface area contributed by atoms with Gasteiger partial charge in [0.05, 0.1) is 6.42 Å². The van der Waals surface area contributed by atoms with E-state index in [1.54, 1.807) is 6.07 Å². The molecule has 0 unspecified atom stereocenters. The van der Waals surface area contributed by atoms with Crippen LogP contribution in [0.15, 0.2) is 18.3 Å². The smallest absolute Gasteiger partial charge is 0.171 e. The van der Waals surface area contributed by atoms with Crippen LogP contribution in [0.4, 0.5) is 0 Å². The van der Waals surface area contributed by atoms with Gasteiger partial charge in [-0.2, -0.15) is 0 Å². The van der Waals surface area contributed by atoms with Crippen LogP contribution < -0.4 is 0 Å². The van der Waals surface area contributed by atoms with E-state index >= 15 is 0 Å². The lowest BCUT2D eigenvalue weighted by Crippen LogP contribution is -1.99. The van der Waals surface area contributed by atoms with Crippen molar-refractivity contribution in [2.75, 3.05) is 0 Å². The topological polar surface area (TPSA) is 47.0 Å². The third kappa shape index (κ3) is 2.13. The molecule has 0 aromatic carbocycles. The Kier molecular flexibility index (Phi) is 2.94. The third-order valence-corrected chi connectivity index (χ3v) is 1.54. The predicted octanol–water partition coefficient (Wildman–Crippen LogP) is 1.51. The third-order valence-electron chi connectivity index (χ3n) is 1.32. The van der Waals surface area contributed by atoms with Gasteiger partial charge in [-0.1, -0.05) is 11.6 Å². The van der Waals surface area contributed by atoms with E-state index in [1.807, 2.05) is 0 Å². The molecule has 12 heavy (non-hydrogen) atoms. The Balaban J connectivity index is 2.82. The summed E-state index contributed by atoms with van der Waals surface area (Å²) in [4.78, 5) is 24.7. The van der Waals surface area contributed by atoms with Gasteiger partial charge in [0.25, 0.3) is 0 Å². The molecule has 0 spiro atoms. The molecule has 4 heteroatoms. The minimum atomic E-state index is -0.242. The second-order valence-electron chi connectivity index (χ2n) is 2.16. The van der Waals surface area contributed by atoms with Crippen molar-refractivity contribution >= 4 is 23.7 Å². The summed E-state index contributed by atoms with van der Waals surface area (Å²) in [5.41, 5.74) is 0.409. The maximum Gasteiger partial charge on any atom is 0.171 e.